The molecule has 1 aliphatic rings. The summed E-state index contributed by atoms with van der Waals surface area (Å²) < 4.78 is 0. The summed E-state index contributed by atoms with van der Waals surface area (Å²) in [6.45, 7) is 0. The summed E-state index contributed by atoms with van der Waals surface area (Å²) in [4.78, 5) is 14.9. The van der Waals surface area contributed by atoms with Crippen LogP contribution >= 0.6 is 0 Å². The Morgan fingerprint density at radius 1 is 1.40 bits per heavy atom. The zero-order valence-corrected chi connectivity index (χ0v) is 8.10. The van der Waals surface area contributed by atoms with Crippen LogP contribution in [0.25, 0.3) is 0 Å². The molecule has 0 fully saturated rings. The third kappa shape index (κ3) is 2.32. The van der Waals surface area contributed by atoms with Crippen LogP contribution in [0.5, 0.6) is 0 Å². The molecule has 0 aliphatic carbocycles. The number of primary amides is 1. The van der Waals surface area contributed by atoms with Gasteiger partial charge in [-0.2, -0.15) is 0 Å². The van der Waals surface area contributed by atoms with Crippen LogP contribution in [-0.2, 0) is 11.2 Å². The standard InChI is InChI=1S/C10H12N4O/c11-9(15)10-12-8(13-14-10)6-7-4-2-1-3-5-7/h1-5,10,14H,6H2,(H2,11,15)(H,12,13). The second kappa shape index (κ2) is 4.10. The van der Waals surface area contributed by atoms with Crippen LogP contribution in [0.3, 0.4) is 0 Å². The van der Waals surface area contributed by atoms with Gasteiger partial charge in [-0.15, -0.1) is 0 Å². The fraction of sp³-hybridized carbons (Fsp3) is 0.200. The van der Waals surface area contributed by atoms with Crippen LogP contribution in [0, 0.1) is 0 Å². The molecule has 1 heterocycles. The van der Waals surface area contributed by atoms with Gasteiger partial charge in [-0.05, 0) is 5.56 Å². The van der Waals surface area contributed by atoms with E-state index in [-0.39, 0.29) is 0 Å². The number of amides is 1. The molecule has 0 bridgehead atoms. The maximum atomic E-state index is 10.8. The van der Waals surface area contributed by atoms with E-state index in [2.05, 4.69) is 15.8 Å². The van der Waals surface area contributed by atoms with Crippen LogP contribution in [0.15, 0.2) is 35.3 Å². The van der Waals surface area contributed by atoms with E-state index in [9.17, 15) is 4.79 Å². The van der Waals surface area contributed by atoms with Crippen LogP contribution in [0.2, 0.25) is 0 Å². The number of nitrogens with zero attached hydrogens (tertiary/aromatic N) is 1. The topological polar surface area (TPSA) is 79.5 Å². The first-order valence-electron chi connectivity index (χ1n) is 4.67. The summed E-state index contributed by atoms with van der Waals surface area (Å²) in [5.41, 5.74) is 11.8. The Balaban J connectivity index is 2.03. The van der Waals surface area contributed by atoms with E-state index in [1.165, 1.54) is 0 Å². The maximum absolute atomic E-state index is 10.8. The van der Waals surface area contributed by atoms with Crippen molar-refractivity contribution in [1.29, 1.82) is 0 Å². The van der Waals surface area contributed by atoms with Crippen molar-refractivity contribution in [3.8, 4) is 0 Å². The summed E-state index contributed by atoms with van der Waals surface area (Å²) in [6.07, 6.45) is 0.0150. The molecule has 5 nitrogen and oxygen atoms in total. The van der Waals surface area contributed by atoms with E-state index >= 15 is 0 Å². The molecule has 15 heavy (non-hydrogen) atoms. The highest BCUT2D eigenvalue weighted by atomic mass is 16.1. The largest absolute Gasteiger partial charge is 0.367 e. The highest BCUT2D eigenvalue weighted by Gasteiger charge is 2.20. The van der Waals surface area contributed by atoms with Gasteiger partial charge in [-0.25, -0.2) is 10.4 Å². The van der Waals surface area contributed by atoms with Crippen molar-refractivity contribution in [1.82, 2.24) is 10.9 Å². The van der Waals surface area contributed by atoms with Gasteiger partial charge in [0.15, 0.2) is 6.17 Å². The van der Waals surface area contributed by atoms with Gasteiger partial charge in [-0.1, -0.05) is 30.3 Å². The number of rotatable bonds is 3. The lowest BCUT2D eigenvalue weighted by Crippen LogP contribution is -2.42. The van der Waals surface area contributed by atoms with E-state index in [4.69, 9.17) is 5.73 Å². The first-order valence-corrected chi connectivity index (χ1v) is 4.67. The molecule has 0 saturated heterocycles. The molecule has 5 heteroatoms. The minimum Gasteiger partial charge on any atom is -0.367 e. The van der Waals surface area contributed by atoms with E-state index in [1.54, 1.807) is 0 Å². The van der Waals surface area contributed by atoms with Gasteiger partial charge < -0.3 is 11.2 Å². The molecule has 0 radical (unpaired) electrons. The molecule has 4 N–H and O–H groups in total. The number of hydrogen-bond donors (Lipinski definition) is 3. The quantitative estimate of drug-likeness (QED) is 0.623. The van der Waals surface area contributed by atoms with Crippen molar-refractivity contribution in [3.05, 3.63) is 35.9 Å². The van der Waals surface area contributed by atoms with Gasteiger partial charge in [-0.3, -0.25) is 4.79 Å². The Morgan fingerprint density at radius 3 is 2.73 bits per heavy atom. The van der Waals surface area contributed by atoms with Crippen molar-refractivity contribution >= 4 is 11.7 Å². The minimum atomic E-state index is -0.649. The number of nitrogens with two attached hydrogens (primary N) is 1. The number of nitrogens with one attached hydrogen (secondary N) is 2. The number of amidine groups is 1. The van der Waals surface area contributed by atoms with Crippen LogP contribution in [0.1, 0.15) is 5.56 Å². The lowest BCUT2D eigenvalue weighted by Gasteiger charge is -2.01. The fourth-order valence-corrected chi connectivity index (χ4v) is 1.39. The van der Waals surface area contributed by atoms with E-state index in [0.717, 1.165) is 11.4 Å². The summed E-state index contributed by atoms with van der Waals surface area (Å²) in [6, 6.07) is 9.88. The third-order valence-corrected chi connectivity index (χ3v) is 2.12. The van der Waals surface area contributed by atoms with Crippen molar-refractivity contribution in [3.63, 3.8) is 0 Å². The van der Waals surface area contributed by atoms with Crippen molar-refractivity contribution in [2.75, 3.05) is 0 Å². The minimum absolute atomic E-state index is 0.481. The average molecular weight is 204 g/mol. The Morgan fingerprint density at radius 2 is 2.13 bits per heavy atom. The Bertz CT molecular complexity index is 388. The summed E-state index contributed by atoms with van der Waals surface area (Å²) in [5.74, 6) is 0.246. The van der Waals surface area contributed by atoms with Gasteiger partial charge in [0.05, 0.1) is 0 Å². The number of benzene rings is 1. The zero-order chi connectivity index (χ0) is 10.7. The first-order chi connectivity index (χ1) is 7.25. The number of carbonyl (C=O) groups is 1. The average Bonchev–Trinajstić information content (AvgIpc) is 2.68. The van der Waals surface area contributed by atoms with Gasteiger partial charge in [0.1, 0.15) is 5.84 Å². The first kappa shape index (κ1) is 9.67. The van der Waals surface area contributed by atoms with Crippen molar-refractivity contribution in [2.24, 2.45) is 10.7 Å². The molecule has 78 valence electrons. The predicted octanol–water partition coefficient (Wildman–Crippen LogP) is -0.453. The molecule has 1 unspecified atom stereocenters. The van der Waals surface area contributed by atoms with Crippen molar-refractivity contribution in [2.45, 2.75) is 12.6 Å². The highest BCUT2D eigenvalue weighted by molar-refractivity contribution is 5.91. The predicted molar refractivity (Wildman–Crippen MR) is 56.8 cm³/mol. The molecule has 0 saturated carbocycles. The fourth-order valence-electron chi connectivity index (χ4n) is 1.39. The summed E-state index contributed by atoms with van der Waals surface area (Å²) in [5, 5.41) is 0. The van der Waals surface area contributed by atoms with E-state index in [1.807, 2.05) is 30.3 Å². The highest BCUT2D eigenvalue weighted by Crippen LogP contribution is 2.02. The van der Waals surface area contributed by atoms with Crippen LogP contribution in [-0.4, -0.2) is 17.9 Å². The molecular weight excluding hydrogens is 192 g/mol. The second-order valence-electron chi connectivity index (χ2n) is 3.31. The normalized spacial score (nSPS) is 19.5. The number of carbonyl (C=O) groups excluding carboxylic acids is 1. The number of aliphatic imine (C=N–C) groups is 1. The molecule has 2 rings (SSSR count). The molecule has 1 aromatic carbocycles. The van der Waals surface area contributed by atoms with E-state index in [0.29, 0.717) is 6.42 Å². The number of hydrogen-bond acceptors (Lipinski definition) is 4. The lowest BCUT2D eigenvalue weighted by atomic mass is 10.1. The van der Waals surface area contributed by atoms with Gasteiger partial charge >= 0.3 is 0 Å². The summed E-state index contributed by atoms with van der Waals surface area (Å²) >= 11 is 0. The number of hydrazine groups is 1. The smallest absolute Gasteiger partial charge is 0.258 e. The van der Waals surface area contributed by atoms with Crippen molar-refractivity contribution < 1.29 is 4.79 Å². The molecular formula is C10H12N4O. The van der Waals surface area contributed by atoms with E-state index < -0.39 is 12.1 Å². The Hall–Kier alpha value is -1.88. The molecule has 0 aromatic heterocycles. The Labute approximate surface area is 87.4 Å². The molecule has 1 amide bonds. The Kier molecular flexibility index (Phi) is 2.64. The second-order valence-corrected chi connectivity index (χ2v) is 3.31. The van der Waals surface area contributed by atoms with Gasteiger partial charge in [0.2, 0.25) is 0 Å². The molecule has 1 aromatic rings. The molecule has 1 atom stereocenters. The summed E-state index contributed by atoms with van der Waals surface area (Å²) in [7, 11) is 0. The van der Waals surface area contributed by atoms with Gasteiger partial charge in [0.25, 0.3) is 5.91 Å². The molecule has 0 spiro atoms. The SMILES string of the molecule is NC(=O)C1N=C(Cc2ccccc2)NN1. The third-order valence-electron chi connectivity index (χ3n) is 2.12. The van der Waals surface area contributed by atoms with Crippen LogP contribution in [0.4, 0.5) is 0 Å². The monoisotopic (exact) mass is 204 g/mol. The zero-order valence-electron chi connectivity index (χ0n) is 8.10. The van der Waals surface area contributed by atoms with Crippen LogP contribution < -0.4 is 16.6 Å². The lowest BCUT2D eigenvalue weighted by molar-refractivity contribution is -0.119. The van der Waals surface area contributed by atoms with Gasteiger partial charge in [0, 0.05) is 6.42 Å². The molecule has 1 aliphatic heterocycles. The maximum Gasteiger partial charge on any atom is 0.258 e.